The number of nitrogens with one attached hydrogen (secondary N) is 1. The van der Waals surface area contributed by atoms with Gasteiger partial charge in [0, 0.05) is 0 Å². The third-order valence-corrected chi connectivity index (χ3v) is 4.95. The van der Waals surface area contributed by atoms with Gasteiger partial charge in [-0.05, 0) is 55.0 Å². The summed E-state index contributed by atoms with van der Waals surface area (Å²) in [6.45, 7) is 0.933. The van der Waals surface area contributed by atoms with Crippen LogP contribution >= 0.6 is 0 Å². The maximum absolute atomic E-state index is 9.89. The molecule has 0 saturated heterocycles. The molecule has 1 saturated carbocycles. The summed E-state index contributed by atoms with van der Waals surface area (Å²) in [5, 5.41) is 13.6. The summed E-state index contributed by atoms with van der Waals surface area (Å²) in [5.74, 6) is 1.43. The molecule has 3 rings (SSSR count). The van der Waals surface area contributed by atoms with E-state index < -0.39 is 0 Å². The first-order chi connectivity index (χ1) is 11.8. The van der Waals surface area contributed by atoms with Crippen molar-refractivity contribution in [3.05, 3.63) is 65.7 Å². The van der Waals surface area contributed by atoms with Crippen molar-refractivity contribution >= 4 is 0 Å². The predicted molar refractivity (Wildman–Crippen MR) is 97.2 cm³/mol. The Balaban J connectivity index is 1.74. The minimum Gasteiger partial charge on any atom is -0.497 e. The molecule has 1 aliphatic carbocycles. The van der Waals surface area contributed by atoms with Crippen molar-refractivity contribution in [2.45, 2.75) is 37.8 Å². The minimum absolute atomic E-state index is 0.123. The number of hydrogen-bond donors (Lipinski definition) is 2. The Morgan fingerprint density at radius 2 is 1.75 bits per heavy atom. The quantitative estimate of drug-likeness (QED) is 0.846. The monoisotopic (exact) mass is 325 g/mol. The van der Waals surface area contributed by atoms with Crippen molar-refractivity contribution in [1.29, 1.82) is 0 Å². The lowest BCUT2D eigenvalue weighted by atomic mass is 9.86. The zero-order valence-electron chi connectivity index (χ0n) is 14.3. The molecule has 1 fully saturated rings. The Kier molecular flexibility index (Phi) is 5.89. The predicted octanol–water partition coefficient (Wildman–Crippen LogP) is 3.93. The third-order valence-electron chi connectivity index (χ3n) is 4.95. The molecule has 0 bridgehead atoms. The fourth-order valence-electron chi connectivity index (χ4n) is 3.60. The van der Waals surface area contributed by atoms with Gasteiger partial charge in [0.25, 0.3) is 0 Å². The topological polar surface area (TPSA) is 41.5 Å². The summed E-state index contributed by atoms with van der Waals surface area (Å²) in [6, 6.07) is 19.0. The van der Waals surface area contributed by atoms with E-state index in [2.05, 4.69) is 41.7 Å². The number of rotatable bonds is 6. The molecule has 128 valence electrons. The standard InChI is InChI=1S/C21H27NO2/c1-24-20-12-10-18(11-13-20)21(17-7-3-2-4-8-17)22-15-16-6-5-9-19(23)14-16/h2-4,7-8,10-13,16,19,21-23H,5-6,9,14-15H2,1H3. The van der Waals surface area contributed by atoms with Gasteiger partial charge in [-0.25, -0.2) is 0 Å². The van der Waals surface area contributed by atoms with E-state index in [0.29, 0.717) is 5.92 Å². The zero-order chi connectivity index (χ0) is 16.8. The lowest BCUT2D eigenvalue weighted by Crippen LogP contribution is -2.32. The lowest BCUT2D eigenvalue weighted by molar-refractivity contribution is 0.100. The van der Waals surface area contributed by atoms with E-state index in [-0.39, 0.29) is 12.1 Å². The Bertz CT molecular complexity index is 611. The molecule has 2 aromatic carbocycles. The van der Waals surface area contributed by atoms with Crippen molar-refractivity contribution in [2.24, 2.45) is 5.92 Å². The van der Waals surface area contributed by atoms with E-state index in [0.717, 1.165) is 31.6 Å². The number of methoxy groups -OCH3 is 1. The van der Waals surface area contributed by atoms with Crippen molar-refractivity contribution in [3.8, 4) is 5.75 Å². The molecule has 0 amide bonds. The molecule has 0 aromatic heterocycles. The zero-order valence-corrected chi connectivity index (χ0v) is 14.3. The molecule has 3 nitrogen and oxygen atoms in total. The largest absolute Gasteiger partial charge is 0.497 e. The fourth-order valence-corrected chi connectivity index (χ4v) is 3.60. The second kappa shape index (κ2) is 8.32. The van der Waals surface area contributed by atoms with Gasteiger partial charge in [-0.15, -0.1) is 0 Å². The molecule has 0 aliphatic heterocycles. The molecule has 3 atom stereocenters. The van der Waals surface area contributed by atoms with E-state index in [1.807, 2.05) is 18.2 Å². The number of aliphatic hydroxyl groups excluding tert-OH is 1. The summed E-state index contributed by atoms with van der Waals surface area (Å²) in [6.07, 6.45) is 4.08. The van der Waals surface area contributed by atoms with Gasteiger partial charge in [0.1, 0.15) is 5.75 Å². The molecule has 0 heterocycles. The molecule has 2 N–H and O–H groups in total. The van der Waals surface area contributed by atoms with Crippen LogP contribution in [0.4, 0.5) is 0 Å². The number of ether oxygens (including phenoxy) is 1. The van der Waals surface area contributed by atoms with Crippen molar-refractivity contribution in [1.82, 2.24) is 5.32 Å². The minimum atomic E-state index is -0.123. The molecule has 24 heavy (non-hydrogen) atoms. The molecule has 1 aliphatic rings. The van der Waals surface area contributed by atoms with E-state index >= 15 is 0 Å². The summed E-state index contributed by atoms with van der Waals surface area (Å²) in [4.78, 5) is 0. The van der Waals surface area contributed by atoms with Crippen molar-refractivity contribution < 1.29 is 9.84 Å². The summed E-state index contributed by atoms with van der Waals surface area (Å²) < 4.78 is 5.27. The highest BCUT2D eigenvalue weighted by Crippen LogP contribution is 2.27. The van der Waals surface area contributed by atoms with Gasteiger partial charge < -0.3 is 15.2 Å². The first-order valence-corrected chi connectivity index (χ1v) is 8.86. The lowest BCUT2D eigenvalue weighted by Gasteiger charge is -2.28. The van der Waals surface area contributed by atoms with Gasteiger partial charge in [0.15, 0.2) is 0 Å². The highest BCUT2D eigenvalue weighted by Gasteiger charge is 2.22. The number of hydrogen-bond acceptors (Lipinski definition) is 3. The average Bonchev–Trinajstić information content (AvgIpc) is 2.63. The van der Waals surface area contributed by atoms with E-state index in [1.54, 1.807) is 7.11 Å². The molecular formula is C21H27NO2. The number of aliphatic hydroxyl groups is 1. The van der Waals surface area contributed by atoms with Gasteiger partial charge in [0.2, 0.25) is 0 Å². The molecule has 0 spiro atoms. The van der Waals surface area contributed by atoms with Crippen LogP contribution in [0.1, 0.15) is 42.9 Å². The highest BCUT2D eigenvalue weighted by molar-refractivity contribution is 5.35. The van der Waals surface area contributed by atoms with Gasteiger partial charge in [-0.1, -0.05) is 48.9 Å². The summed E-state index contributed by atoms with van der Waals surface area (Å²) in [5.41, 5.74) is 2.50. The van der Waals surface area contributed by atoms with Crippen molar-refractivity contribution in [2.75, 3.05) is 13.7 Å². The van der Waals surface area contributed by atoms with Crippen LogP contribution in [0.2, 0.25) is 0 Å². The van der Waals surface area contributed by atoms with E-state index in [4.69, 9.17) is 4.74 Å². The van der Waals surface area contributed by atoms with E-state index in [9.17, 15) is 5.11 Å². The third kappa shape index (κ3) is 4.37. The first kappa shape index (κ1) is 17.0. The Labute approximate surface area is 144 Å². The van der Waals surface area contributed by atoms with Crippen LogP contribution in [0.25, 0.3) is 0 Å². The smallest absolute Gasteiger partial charge is 0.118 e. The molecule has 3 unspecified atom stereocenters. The molecule has 0 radical (unpaired) electrons. The molecule has 2 aromatic rings. The van der Waals surface area contributed by atoms with Crippen LogP contribution in [-0.2, 0) is 0 Å². The van der Waals surface area contributed by atoms with Crippen LogP contribution in [0.3, 0.4) is 0 Å². The van der Waals surface area contributed by atoms with Crippen LogP contribution in [0, 0.1) is 5.92 Å². The van der Waals surface area contributed by atoms with Crippen LogP contribution < -0.4 is 10.1 Å². The molecule has 3 heteroatoms. The van der Waals surface area contributed by atoms with Gasteiger partial charge in [-0.2, -0.15) is 0 Å². The second-order valence-electron chi connectivity index (χ2n) is 6.71. The number of benzene rings is 2. The maximum Gasteiger partial charge on any atom is 0.118 e. The van der Waals surface area contributed by atoms with Crippen molar-refractivity contribution in [3.63, 3.8) is 0 Å². The Morgan fingerprint density at radius 1 is 1.04 bits per heavy atom. The van der Waals surface area contributed by atoms with Gasteiger partial charge in [0.05, 0.1) is 19.3 Å². The first-order valence-electron chi connectivity index (χ1n) is 8.86. The van der Waals surface area contributed by atoms with Gasteiger partial charge in [-0.3, -0.25) is 0 Å². The maximum atomic E-state index is 9.89. The van der Waals surface area contributed by atoms with Crippen LogP contribution in [0.5, 0.6) is 5.75 Å². The molecular weight excluding hydrogens is 298 g/mol. The Morgan fingerprint density at radius 3 is 2.42 bits per heavy atom. The normalized spacial score (nSPS) is 22.1. The van der Waals surface area contributed by atoms with Gasteiger partial charge >= 0.3 is 0 Å². The SMILES string of the molecule is COc1ccc(C(NCC2CCCC(O)C2)c2ccccc2)cc1. The van der Waals surface area contributed by atoms with Crippen LogP contribution in [0.15, 0.2) is 54.6 Å². The summed E-state index contributed by atoms with van der Waals surface area (Å²) in [7, 11) is 1.69. The van der Waals surface area contributed by atoms with E-state index in [1.165, 1.54) is 17.5 Å². The highest BCUT2D eigenvalue weighted by atomic mass is 16.5. The summed E-state index contributed by atoms with van der Waals surface area (Å²) >= 11 is 0. The average molecular weight is 325 g/mol. The fraction of sp³-hybridized carbons (Fsp3) is 0.429. The second-order valence-corrected chi connectivity index (χ2v) is 6.71. The van der Waals surface area contributed by atoms with Crippen LogP contribution in [-0.4, -0.2) is 24.9 Å². The Hall–Kier alpha value is -1.84.